The molecule has 0 spiro atoms. The maximum absolute atomic E-state index is 12.0. The van der Waals surface area contributed by atoms with Gasteiger partial charge in [-0.1, -0.05) is 48.5 Å². The lowest BCUT2D eigenvalue weighted by molar-refractivity contribution is 0.0603. The first-order valence-corrected chi connectivity index (χ1v) is 8.80. The minimum absolute atomic E-state index is 0.338. The Morgan fingerprint density at radius 2 is 1.74 bits per heavy atom. The van der Waals surface area contributed by atoms with Crippen LogP contribution in [0.5, 0.6) is 0 Å². The second-order valence-electron chi connectivity index (χ2n) is 4.89. The molecule has 3 rings (SSSR count). The molecular formula is C18H13BrINO2. The smallest absolute Gasteiger partial charge is 0.340 e. The molecule has 0 aliphatic rings. The SMILES string of the molecule is COC(=O)c1cn(/C(Br)=C(\I)c2ccccc2)c2ccccc12. The molecule has 0 aliphatic carbocycles. The van der Waals surface area contributed by atoms with E-state index in [9.17, 15) is 4.79 Å². The average molecular weight is 482 g/mol. The standard InChI is InChI=1S/C18H13BrINO2/c1-23-18(22)14-11-21(15-10-6-5-9-13(14)15)17(19)16(20)12-7-3-2-4-8-12/h2-11H,1H3/b17-16-. The van der Waals surface area contributed by atoms with Crippen LogP contribution in [0.1, 0.15) is 15.9 Å². The van der Waals surface area contributed by atoms with Crippen molar-refractivity contribution < 1.29 is 9.53 Å². The van der Waals surface area contributed by atoms with Crippen molar-refractivity contribution in [1.82, 2.24) is 4.57 Å². The first kappa shape index (κ1) is 16.3. The Kier molecular flexibility index (Phi) is 4.87. The van der Waals surface area contributed by atoms with E-state index in [0.29, 0.717) is 5.56 Å². The number of halogens is 2. The van der Waals surface area contributed by atoms with Crippen LogP contribution >= 0.6 is 38.5 Å². The molecule has 0 amide bonds. The number of fused-ring (bicyclic) bond motifs is 1. The molecule has 23 heavy (non-hydrogen) atoms. The largest absolute Gasteiger partial charge is 0.465 e. The monoisotopic (exact) mass is 481 g/mol. The summed E-state index contributed by atoms with van der Waals surface area (Å²) < 4.78 is 8.81. The second kappa shape index (κ2) is 6.88. The van der Waals surface area contributed by atoms with Crippen molar-refractivity contribution in [2.45, 2.75) is 0 Å². The van der Waals surface area contributed by atoms with Gasteiger partial charge in [-0.2, -0.15) is 0 Å². The molecule has 5 heteroatoms. The molecule has 0 bridgehead atoms. The topological polar surface area (TPSA) is 31.2 Å². The number of aromatic nitrogens is 1. The van der Waals surface area contributed by atoms with Crippen molar-refractivity contribution >= 4 is 63.6 Å². The fraction of sp³-hybridized carbons (Fsp3) is 0.0556. The van der Waals surface area contributed by atoms with E-state index in [0.717, 1.165) is 24.7 Å². The van der Waals surface area contributed by atoms with E-state index < -0.39 is 0 Å². The Labute approximate surface area is 156 Å². The normalized spacial score (nSPS) is 12.1. The molecule has 3 aromatic rings. The summed E-state index contributed by atoms with van der Waals surface area (Å²) in [6.45, 7) is 0. The Morgan fingerprint density at radius 3 is 2.43 bits per heavy atom. The van der Waals surface area contributed by atoms with E-state index in [1.165, 1.54) is 7.11 Å². The van der Waals surface area contributed by atoms with Crippen LogP contribution in [0.3, 0.4) is 0 Å². The molecule has 1 heterocycles. The third-order valence-electron chi connectivity index (χ3n) is 3.54. The summed E-state index contributed by atoms with van der Waals surface area (Å²) in [5.74, 6) is -0.338. The van der Waals surface area contributed by atoms with Crippen molar-refractivity contribution in [3.05, 3.63) is 71.9 Å². The Bertz CT molecular complexity index is 900. The predicted octanol–water partition coefficient (Wildman–Crippen LogP) is 5.54. The number of nitrogens with zero attached hydrogens (tertiary/aromatic N) is 1. The number of methoxy groups -OCH3 is 1. The van der Waals surface area contributed by atoms with Crippen LogP contribution in [0.2, 0.25) is 0 Å². The molecule has 0 aliphatic heterocycles. The highest BCUT2D eigenvalue weighted by Crippen LogP contribution is 2.35. The van der Waals surface area contributed by atoms with Gasteiger partial charge in [0.15, 0.2) is 0 Å². The van der Waals surface area contributed by atoms with Gasteiger partial charge in [-0.15, -0.1) is 0 Å². The lowest BCUT2D eigenvalue weighted by Gasteiger charge is -2.08. The lowest BCUT2D eigenvalue weighted by Crippen LogP contribution is -1.99. The third kappa shape index (κ3) is 3.07. The molecule has 0 saturated carbocycles. The van der Waals surface area contributed by atoms with E-state index in [-0.39, 0.29) is 5.97 Å². The Morgan fingerprint density at radius 1 is 1.09 bits per heavy atom. The highest BCUT2D eigenvalue weighted by atomic mass is 127. The summed E-state index contributed by atoms with van der Waals surface area (Å²) in [5.41, 5.74) is 2.61. The molecule has 0 unspecified atom stereocenters. The minimum atomic E-state index is -0.338. The zero-order valence-electron chi connectivity index (χ0n) is 12.3. The molecule has 1 aromatic heterocycles. The third-order valence-corrected chi connectivity index (χ3v) is 6.19. The number of benzene rings is 2. The van der Waals surface area contributed by atoms with Gasteiger partial charge < -0.3 is 9.30 Å². The van der Waals surface area contributed by atoms with Crippen molar-refractivity contribution in [1.29, 1.82) is 0 Å². The van der Waals surface area contributed by atoms with E-state index in [2.05, 4.69) is 50.7 Å². The predicted molar refractivity (Wildman–Crippen MR) is 106 cm³/mol. The first-order chi connectivity index (χ1) is 11.1. The van der Waals surface area contributed by atoms with Crippen molar-refractivity contribution in [2.24, 2.45) is 0 Å². The highest BCUT2D eigenvalue weighted by Gasteiger charge is 2.17. The van der Waals surface area contributed by atoms with Gasteiger partial charge in [0.05, 0.1) is 21.8 Å². The van der Waals surface area contributed by atoms with E-state index in [1.807, 2.05) is 53.2 Å². The summed E-state index contributed by atoms with van der Waals surface area (Å²) in [4.78, 5) is 12.0. The first-order valence-electron chi connectivity index (χ1n) is 6.93. The van der Waals surface area contributed by atoms with Crippen LogP contribution in [0.4, 0.5) is 0 Å². The number of para-hydroxylation sites is 1. The van der Waals surface area contributed by atoms with E-state index >= 15 is 0 Å². The number of esters is 1. The summed E-state index contributed by atoms with van der Waals surface area (Å²) in [6, 6.07) is 17.9. The molecule has 3 nitrogen and oxygen atoms in total. The van der Waals surface area contributed by atoms with Crippen molar-refractivity contribution in [3.8, 4) is 0 Å². The van der Waals surface area contributed by atoms with Crippen molar-refractivity contribution in [3.63, 3.8) is 0 Å². The second-order valence-corrected chi connectivity index (χ2v) is 6.72. The Balaban J connectivity index is 2.22. The van der Waals surface area contributed by atoms with Crippen LogP contribution in [-0.4, -0.2) is 17.6 Å². The quantitative estimate of drug-likeness (QED) is 0.363. The van der Waals surface area contributed by atoms with Crippen LogP contribution in [0.25, 0.3) is 19.1 Å². The number of carbonyl (C=O) groups excluding carboxylic acids is 1. The zero-order valence-corrected chi connectivity index (χ0v) is 16.0. The summed E-state index contributed by atoms with van der Waals surface area (Å²) in [6.07, 6.45) is 1.81. The molecule has 0 atom stereocenters. The number of rotatable bonds is 3. The average Bonchev–Trinajstić information content (AvgIpc) is 3.00. The summed E-state index contributed by atoms with van der Waals surface area (Å²) in [7, 11) is 1.40. The number of hydrogen-bond acceptors (Lipinski definition) is 2. The van der Waals surface area contributed by atoms with Gasteiger partial charge in [0.2, 0.25) is 0 Å². The van der Waals surface area contributed by atoms with Crippen molar-refractivity contribution in [2.75, 3.05) is 7.11 Å². The van der Waals surface area contributed by atoms with Gasteiger partial charge in [0.1, 0.15) is 4.61 Å². The molecule has 0 fully saturated rings. The van der Waals surface area contributed by atoms with Gasteiger partial charge in [-0.25, -0.2) is 4.79 Å². The summed E-state index contributed by atoms with van der Waals surface area (Å²) in [5, 5.41) is 0.869. The van der Waals surface area contributed by atoms with Gasteiger partial charge >= 0.3 is 5.97 Å². The molecule has 2 aromatic carbocycles. The maximum atomic E-state index is 12.0. The van der Waals surface area contributed by atoms with E-state index in [1.54, 1.807) is 0 Å². The zero-order chi connectivity index (χ0) is 16.4. The fourth-order valence-electron chi connectivity index (χ4n) is 2.42. The fourth-order valence-corrected chi connectivity index (χ4v) is 3.57. The van der Waals surface area contributed by atoms with E-state index in [4.69, 9.17) is 4.74 Å². The number of carbonyl (C=O) groups is 1. The lowest BCUT2D eigenvalue weighted by atomic mass is 10.2. The van der Waals surface area contributed by atoms with Crippen LogP contribution in [0.15, 0.2) is 60.8 Å². The highest BCUT2D eigenvalue weighted by molar-refractivity contribution is 14.1. The molecular weight excluding hydrogens is 469 g/mol. The number of hydrogen-bond donors (Lipinski definition) is 0. The minimum Gasteiger partial charge on any atom is -0.465 e. The maximum Gasteiger partial charge on any atom is 0.340 e. The summed E-state index contributed by atoms with van der Waals surface area (Å²) >= 11 is 5.98. The molecule has 0 N–H and O–H groups in total. The number of ether oxygens (including phenoxy) is 1. The molecule has 0 saturated heterocycles. The van der Waals surface area contributed by atoms with Crippen LogP contribution < -0.4 is 0 Å². The van der Waals surface area contributed by atoms with Crippen LogP contribution in [0, 0.1) is 0 Å². The molecule has 116 valence electrons. The van der Waals surface area contributed by atoms with Gasteiger partial charge in [0, 0.05) is 11.6 Å². The van der Waals surface area contributed by atoms with Gasteiger partial charge in [-0.05, 0) is 50.2 Å². The van der Waals surface area contributed by atoms with Crippen LogP contribution in [-0.2, 0) is 4.74 Å². The van der Waals surface area contributed by atoms with Gasteiger partial charge in [-0.3, -0.25) is 0 Å². The molecule has 0 radical (unpaired) electrons. The Hall–Kier alpha value is -1.60. The van der Waals surface area contributed by atoms with Gasteiger partial charge in [0.25, 0.3) is 0 Å².